The molecule has 0 aliphatic heterocycles. The summed E-state index contributed by atoms with van der Waals surface area (Å²) >= 11 is 0. The van der Waals surface area contributed by atoms with Crippen LogP contribution in [0.4, 0.5) is 10.3 Å². The second-order valence-corrected chi connectivity index (χ2v) is 7.55. The SMILES string of the molecule is CC(C)Cn1c(N)nc2ccc(-c3c(-c4ccc(F)cc4)nc4occn34)cc21. The number of rotatable bonds is 4. The first-order valence-electron chi connectivity index (χ1n) is 9.49. The van der Waals surface area contributed by atoms with Crippen LogP contribution in [0, 0.1) is 11.7 Å². The number of hydrogen-bond acceptors (Lipinski definition) is 4. The maximum atomic E-state index is 13.4. The number of halogens is 1. The lowest BCUT2D eigenvalue weighted by Gasteiger charge is -2.10. The van der Waals surface area contributed by atoms with E-state index in [0.717, 1.165) is 40.1 Å². The maximum Gasteiger partial charge on any atom is 0.306 e. The van der Waals surface area contributed by atoms with Gasteiger partial charge in [0.15, 0.2) is 0 Å². The number of nitrogen functional groups attached to an aromatic ring is 1. The van der Waals surface area contributed by atoms with Gasteiger partial charge in [0.05, 0.1) is 16.7 Å². The molecule has 0 atom stereocenters. The molecule has 0 aliphatic rings. The highest BCUT2D eigenvalue weighted by Gasteiger charge is 2.19. The highest BCUT2D eigenvalue weighted by molar-refractivity contribution is 5.88. The van der Waals surface area contributed by atoms with Gasteiger partial charge in [-0.25, -0.2) is 9.37 Å². The molecule has 5 rings (SSSR count). The Kier molecular flexibility index (Phi) is 3.91. The largest absolute Gasteiger partial charge is 0.432 e. The first-order valence-corrected chi connectivity index (χ1v) is 9.49. The highest BCUT2D eigenvalue weighted by atomic mass is 19.1. The van der Waals surface area contributed by atoms with Crippen LogP contribution in [0.1, 0.15) is 13.8 Å². The van der Waals surface area contributed by atoms with Crippen LogP contribution in [0.25, 0.3) is 39.4 Å². The summed E-state index contributed by atoms with van der Waals surface area (Å²) in [6, 6.07) is 12.3. The van der Waals surface area contributed by atoms with Crippen molar-refractivity contribution in [1.82, 2.24) is 18.9 Å². The Morgan fingerprint density at radius 2 is 1.83 bits per heavy atom. The first-order chi connectivity index (χ1) is 14.0. The van der Waals surface area contributed by atoms with Crippen molar-refractivity contribution in [1.29, 1.82) is 0 Å². The fourth-order valence-corrected chi connectivity index (χ4v) is 3.72. The van der Waals surface area contributed by atoms with Crippen molar-refractivity contribution >= 4 is 22.8 Å². The number of hydrogen-bond donors (Lipinski definition) is 1. The van der Waals surface area contributed by atoms with E-state index in [0.29, 0.717) is 17.7 Å². The molecule has 0 bridgehead atoms. The summed E-state index contributed by atoms with van der Waals surface area (Å²) in [5, 5.41) is 0. The summed E-state index contributed by atoms with van der Waals surface area (Å²) in [5.41, 5.74) is 11.4. The highest BCUT2D eigenvalue weighted by Crippen LogP contribution is 2.35. The Balaban J connectivity index is 1.75. The summed E-state index contributed by atoms with van der Waals surface area (Å²) < 4.78 is 22.9. The number of fused-ring (bicyclic) bond motifs is 2. The normalized spacial score (nSPS) is 11.9. The van der Waals surface area contributed by atoms with Gasteiger partial charge in [0.1, 0.15) is 17.8 Å². The average molecular weight is 389 g/mol. The Labute approximate surface area is 166 Å². The van der Waals surface area contributed by atoms with Gasteiger partial charge in [-0.05, 0) is 42.3 Å². The van der Waals surface area contributed by atoms with E-state index in [1.165, 1.54) is 12.1 Å². The molecular formula is C22H20FN5O. The van der Waals surface area contributed by atoms with Gasteiger partial charge in [-0.15, -0.1) is 0 Å². The number of benzene rings is 2. The second-order valence-electron chi connectivity index (χ2n) is 7.55. The molecule has 6 nitrogen and oxygen atoms in total. The monoisotopic (exact) mass is 389 g/mol. The molecule has 146 valence electrons. The molecule has 7 heteroatoms. The molecule has 29 heavy (non-hydrogen) atoms. The Hall–Kier alpha value is -3.61. The third-order valence-corrected chi connectivity index (χ3v) is 4.98. The van der Waals surface area contributed by atoms with Crippen LogP contribution in [0.3, 0.4) is 0 Å². The zero-order chi connectivity index (χ0) is 20.1. The van der Waals surface area contributed by atoms with E-state index in [2.05, 4.69) is 29.9 Å². The molecule has 5 aromatic rings. The van der Waals surface area contributed by atoms with E-state index in [9.17, 15) is 4.39 Å². The molecule has 2 N–H and O–H groups in total. The molecule has 0 fully saturated rings. The smallest absolute Gasteiger partial charge is 0.306 e. The van der Waals surface area contributed by atoms with Gasteiger partial charge >= 0.3 is 5.84 Å². The summed E-state index contributed by atoms with van der Waals surface area (Å²) in [6.07, 6.45) is 3.43. The average Bonchev–Trinajstić information content (AvgIpc) is 3.35. The molecule has 3 heterocycles. The molecule has 0 saturated heterocycles. The zero-order valence-electron chi connectivity index (χ0n) is 16.1. The zero-order valence-corrected chi connectivity index (χ0v) is 16.1. The standard InChI is InChI=1S/C22H20FN5O/c1-13(2)12-28-18-11-15(5-8-17(18)25-21(28)24)20-19(14-3-6-16(23)7-4-14)26-22-27(20)9-10-29-22/h3-11,13H,12H2,1-2H3,(H2,24,25). The number of oxazole rings is 1. The van der Waals surface area contributed by atoms with Gasteiger partial charge in [0.2, 0.25) is 5.95 Å². The maximum absolute atomic E-state index is 13.4. The molecule has 3 aromatic heterocycles. The van der Waals surface area contributed by atoms with Crippen LogP contribution in [0.5, 0.6) is 0 Å². The number of nitrogens with zero attached hydrogens (tertiary/aromatic N) is 4. The number of nitrogens with two attached hydrogens (primary N) is 1. The van der Waals surface area contributed by atoms with Crippen molar-refractivity contribution in [3.05, 3.63) is 60.7 Å². The summed E-state index contributed by atoms with van der Waals surface area (Å²) in [4.78, 5) is 9.12. The Morgan fingerprint density at radius 1 is 1.07 bits per heavy atom. The van der Waals surface area contributed by atoms with Gasteiger partial charge in [-0.3, -0.25) is 4.40 Å². The van der Waals surface area contributed by atoms with E-state index in [1.807, 2.05) is 27.3 Å². The minimum Gasteiger partial charge on any atom is -0.432 e. The van der Waals surface area contributed by atoms with Crippen molar-refractivity contribution in [3.8, 4) is 22.5 Å². The molecular weight excluding hydrogens is 369 g/mol. The van der Waals surface area contributed by atoms with E-state index in [-0.39, 0.29) is 5.82 Å². The lowest BCUT2D eigenvalue weighted by atomic mass is 10.0. The molecule has 0 unspecified atom stereocenters. The molecule has 0 spiro atoms. The topological polar surface area (TPSA) is 74.3 Å². The molecule has 0 amide bonds. The third-order valence-electron chi connectivity index (χ3n) is 4.98. The van der Waals surface area contributed by atoms with Gasteiger partial charge in [-0.2, -0.15) is 4.98 Å². The number of aromatic nitrogens is 4. The Morgan fingerprint density at radius 3 is 2.59 bits per heavy atom. The van der Waals surface area contributed by atoms with Crippen LogP contribution in [-0.4, -0.2) is 18.9 Å². The molecule has 0 radical (unpaired) electrons. The number of imidazole rings is 2. The van der Waals surface area contributed by atoms with Gasteiger partial charge in [0.25, 0.3) is 0 Å². The van der Waals surface area contributed by atoms with Crippen molar-refractivity contribution < 1.29 is 8.81 Å². The summed E-state index contributed by atoms with van der Waals surface area (Å²) in [5.74, 6) is 1.14. The lowest BCUT2D eigenvalue weighted by Crippen LogP contribution is -2.07. The third kappa shape index (κ3) is 2.86. The van der Waals surface area contributed by atoms with Crippen molar-refractivity contribution in [2.24, 2.45) is 5.92 Å². The Bertz CT molecular complexity index is 1330. The van der Waals surface area contributed by atoms with Crippen molar-refractivity contribution in [2.75, 3.05) is 5.73 Å². The quantitative estimate of drug-likeness (QED) is 0.470. The minimum atomic E-state index is -0.285. The summed E-state index contributed by atoms with van der Waals surface area (Å²) in [6.45, 7) is 5.08. The van der Waals surface area contributed by atoms with E-state index >= 15 is 0 Å². The second kappa shape index (κ2) is 6.48. The van der Waals surface area contributed by atoms with E-state index < -0.39 is 0 Å². The predicted molar refractivity (Wildman–Crippen MR) is 111 cm³/mol. The van der Waals surface area contributed by atoms with Crippen LogP contribution in [0.15, 0.2) is 59.3 Å². The fourth-order valence-electron chi connectivity index (χ4n) is 3.72. The van der Waals surface area contributed by atoms with Gasteiger partial charge in [-0.1, -0.05) is 19.9 Å². The minimum absolute atomic E-state index is 0.285. The molecule has 0 aliphatic carbocycles. The lowest BCUT2D eigenvalue weighted by molar-refractivity contribution is 0.538. The van der Waals surface area contributed by atoms with Crippen LogP contribution in [-0.2, 0) is 6.54 Å². The van der Waals surface area contributed by atoms with Crippen molar-refractivity contribution in [2.45, 2.75) is 20.4 Å². The van der Waals surface area contributed by atoms with E-state index in [4.69, 9.17) is 10.2 Å². The van der Waals surface area contributed by atoms with Crippen LogP contribution >= 0.6 is 0 Å². The summed E-state index contributed by atoms with van der Waals surface area (Å²) in [7, 11) is 0. The van der Waals surface area contributed by atoms with E-state index in [1.54, 1.807) is 18.4 Å². The molecule has 2 aromatic carbocycles. The molecule has 0 saturated carbocycles. The van der Waals surface area contributed by atoms with Gasteiger partial charge in [0, 0.05) is 23.9 Å². The van der Waals surface area contributed by atoms with Crippen molar-refractivity contribution in [3.63, 3.8) is 0 Å². The predicted octanol–water partition coefficient (Wildman–Crippen LogP) is 4.99. The number of anilines is 1. The van der Waals surface area contributed by atoms with Gasteiger partial charge < -0.3 is 14.7 Å². The fraction of sp³-hybridized carbons (Fsp3) is 0.182. The van der Waals surface area contributed by atoms with Crippen LogP contribution < -0.4 is 5.73 Å². The first kappa shape index (κ1) is 17.5. The van der Waals surface area contributed by atoms with Crippen LogP contribution in [0.2, 0.25) is 0 Å².